The van der Waals surface area contributed by atoms with E-state index in [9.17, 15) is 18.3 Å². The van der Waals surface area contributed by atoms with Gasteiger partial charge < -0.3 is 9.84 Å². The van der Waals surface area contributed by atoms with Gasteiger partial charge in [-0.15, -0.1) is 0 Å². The zero-order chi connectivity index (χ0) is 22.9. The summed E-state index contributed by atoms with van der Waals surface area (Å²) in [5.41, 5.74) is 10.00. The van der Waals surface area contributed by atoms with Gasteiger partial charge in [-0.2, -0.15) is 0 Å². The van der Waals surface area contributed by atoms with Crippen molar-refractivity contribution in [3.8, 4) is 0 Å². The van der Waals surface area contributed by atoms with Crippen molar-refractivity contribution < 1.29 is 23.1 Å². The molecule has 10 heteroatoms. The van der Waals surface area contributed by atoms with Crippen LogP contribution in [0.15, 0.2) is 58.5 Å². The normalized spacial score (nSPS) is 12.0. The first-order valence-corrected chi connectivity index (χ1v) is 11.3. The lowest BCUT2D eigenvalue weighted by Gasteiger charge is -2.25. The Bertz CT molecular complexity index is 1020. The highest BCUT2D eigenvalue weighted by molar-refractivity contribution is 7.92. The van der Waals surface area contributed by atoms with E-state index in [-0.39, 0.29) is 31.0 Å². The molecule has 2 rings (SSSR count). The molecular formula is C21H26N4O5S. The Morgan fingerprint density at radius 2 is 1.84 bits per heavy atom. The quantitative estimate of drug-likeness (QED) is 0.242. The zero-order valence-corrected chi connectivity index (χ0v) is 18.3. The van der Waals surface area contributed by atoms with Crippen LogP contribution in [0.1, 0.15) is 35.7 Å². The first-order chi connectivity index (χ1) is 14.8. The van der Waals surface area contributed by atoms with Crippen LogP contribution in [0.25, 0.3) is 10.4 Å². The predicted octanol–water partition coefficient (Wildman–Crippen LogP) is 3.82. The fourth-order valence-electron chi connectivity index (χ4n) is 2.90. The molecule has 0 aromatic heterocycles. The third-order valence-electron chi connectivity index (χ3n) is 4.53. The molecule has 1 N–H and O–H groups in total. The van der Waals surface area contributed by atoms with Crippen LogP contribution >= 0.6 is 0 Å². The Hall–Kier alpha value is -3.07. The van der Waals surface area contributed by atoms with Crippen molar-refractivity contribution in [1.29, 1.82) is 0 Å². The van der Waals surface area contributed by atoms with Crippen molar-refractivity contribution in [2.75, 3.05) is 24.0 Å². The highest BCUT2D eigenvalue weighted by Gasteiger charge is 2.25. The second kappa shape index (κ2) is 11.4. The molecule has 0 radical (unpaired) electrons. The lowest BCUT2D eigenvalue weighted by Crippen LogP contribution is -2.32. The molecule has 0 fully saturated rings. The van der Waals surface area contributed by atoms with E-state index in [1.807, 2.05) is 6.92 Å². The fraction of sp³-hybridized carbons (Fsp3) is 0.381. The number of nitrogens with zero attached hydrogens (tertiary/aromatic N) is 4. The highest BCUT2D eigenvalue weighted by atomic mass is 32.2. The maximum Gasteiger partial charge on any atom is 0.338 e. The van der Waals surface area contributed by atoms with E-state index < -0.39 is 22.1 Å². The maximum atomic E-state index is 13.3. The molecule has 0 aliphatic carbocycles. The summed E-state index contributed by atoms with van der Waals surface area (Å²) in [6, 6.07) is 12.7. The number of sulfonamides is 1. The second-order valence-corrected chi connectivity index (χ2v) is 8.73. The van der Waals surface area contributed by atoms with E-state index in [0.717, 1.165) is 5.56 Å². The van der Waals surface area contributed by atoms with E-state index in [4.69, 9.17) is 10.3 Å². The van der Waals surface area contributed by atoms with Crippen LogP contribution < -0.4 is 4.31 Å². The smallest absolute Gasteiger partial charge is 0.338 e. The van der Waals surface area contributed by atoms with Crippen LogP contribution in [0.5, 0.6) is 0 Å². The first kappa shape index (κ1) is 24.2. The van der Waals surface area contributed by atoms with Gasteiger partial charge in [0.1, 0.15) is 0 Å². The summed E-state index contributed by atoms with van der Waals surface area (Å²) >= 11 is 0. The number of aliphatic hydroxyl groups excluding tert-OH is 1. The van der Waals surface area contributed by atoms with Crippen molar-refractivity contribution in [2.24, 2.45) is 5.11 Å². The summed E-state index contributed by atoms with van der Waals surface area (Å²) < 4.78 is 32.8. The van der Waals surface area contributed by atoms with Gasteiger partial charge in [0.15, 0.2) is 0 Å². The largest absolute Gasteiger partial charge is 0.462 e. The number of esters is 1. The van der Waals surface area contributed by atoms with Gasteiger partial charge >= 0.3 is 5.97 Å². The number of hydrogen-bond acceptors (Lipinski definition) is 6. The number of carbonyl (C=O) groups is 1. The third-order valence-corrected chi connectivity index (χ3v) is 6.37. The Kier molecular flexibility index (Phi) is 8.87. The van der Waals surface area contributed by atoms with Crippen LogP contribution in [0, 0.1) is 6.92 Å². The van der Waals surface area contributed by atoms with Gasteiger partial charge in [-0.25, -0.2) is 13.2 Å². The monoisotopic (exact) mass is 446 g/mol. The molecular weight excluding hydrogens is 420 g/mol. The van der Waals surface area contributed by atoms with Gasteiger partial charge in [0.05, 0.1) is 35.4 Å². The lowest BCUT2D eigenvalue weighted by molar-refractivity contribution is 0.0526. The molecule has 0 amide bonds. The number of ether oxygens (including phenoxy) is 1. The number of hydrogen-bond donors (Lipinski definition) is 1. The summed E-state index contributed by atoms with van der Waals surface area (Å²) in [6.07, 6.45) is -0.252. The Balaban J connectivity index is 2.30. The molecule has 0 saturated carbocycles. The SMILES string of the molecule is CCOC(=O)c1ccc(N(CCCC(O)CN=[N+]=[N-])S(=O)(=O)c2ccc(C)cc2)cc1. The average molecular weight is 447 g/mol. The van der Waals surface area contributed by atoms with Crippen molar-refractivity contribution in [3.63, 3.8) is 0 Å². The summed E-state index contributed by atoms with van der Waals surface area (Å²) in [4.78, 5) is 14.6. The van der Waals surface area contributed by atoms with Crippen LogP contribution in [0.3, 0.4) is 0 Å². The molecule has 0 saturated heterocycles. The number of anilines is 1. The second-order valence-electron chi connectivity index (χ2n) is 6.87. The Morgan fingerprint density at radius 3 is 2.42 bits per heavy atom. The van der Waals surface area contributed by atoms with Gasteiger partial charge in [0.25, 0.3) is 10.0 Å². The van der Waals surface area contributed by atoms with Crippen LogP contribution in [0.2, 0.25) is 0 Å². The number of aryl methyl sites for hydroxylation is 1. The number of aliphatic hydroxyl groups is 1. The molecule has 0 spiro atoms. The van der Waals surface area contributed by atoms with Gasteiger partial charge in [-0.3, -0.25) is 4.31 Å². The minimum Gasteiger partial charge on any atom is -0.462 e. The minimum atomic E-state index is -3.88. The van der Waals surface area contributed by atoms with Gasteiger partial charge in [-0.05, 0) is 68.6 Å². The topological polar surface area (TPSA) is 133 Å². The number of azide groups is 1. The number of rotatable bonds is 11. The highest BCUT2D eigenvalue weighted by Crippen LogP contribution is 2.25. The molecule has 0 bridgehead atoms. The Labute approximate surface area is 181 Å². The van der Waals surface area contributed by atoms with Crippen molar-refractivity contribution in [3.05, 3.63) is 70.1 Å². The van der Waals surface area contributed by atoms with Crippen LogP contribution in [-0.4, -0.2) is 45.3 Å². The van der Waals surface area contributed by atoms with Crippen LogP contribution in [-0.2, 0) is 14.8 Å². The third kappa shape index (κ3) is 6.71. The zero-order valence-electron chi connectivity index (χ0n) is 17.5. The van der Waals surface area contributed by atoms with Gasteiger partial charge in [0, 0.05) is 11.5 Å². The van der Waals surface area contributed by atoms with Crippen molar-refractivity contribution >= 4 is 21.7 Å². The molecule has 0 aliphatic rings. The van der Waals surface area contributed by atoms with Gasteiger partial charge in [0.2, 0.25) is 0 Å². The average Bonchev–Trinajstić information content (AvgIpc) is 2.75. The van der Waals surface area contributed by atoms with Gasteiger partial charge in [-0.1, -0.05) is 22.8 Å². The molecule has 9 nitrogen and oxygen atoms in total. The summed E-state index contributed by atoms with van der Waals surface area (Å²) in [7, 11) is -3.88. The van der Waals surface area contributed by atoms with E-state index in [2.05, 4.69) is 10.0 Å². The fourth-order valence-corrected chi connectivity index (χ4v) is 4.40. The van der Waals surface area contributed by atoms with E-state index in [1.165, 1.54) is 16.4 Å². The summed E-state index contributed by atoms with van der Waals surface area (Å²) in [6.45, 7) is 3.84. The summed E-state index contributed by atoms with van der Waals surface area (Å²) in [5.74, 6) is -0.483. The first-order valence-electron chi connectivity index (χ1n) is 9.85. The van der Waals surface area contributed by atoms with Crippen molar-refractivity contribution in [1.82, 2.24) is 0 Å². The number of benzene rings is 2. The molecule has 0 heterocycles. The van der Waals surface area contributed by atoms with Crippen LogP contribution in [0.4, 0.5) is 5.69 Å². The molecule has 166 valence electrons. The molecule has 1 unspecified atom stereocenters. The number of carbonyl (C=O) groups excluding carboxylic acids is 1. The summed E-state index contributed by atoms with van der Waals surface area (Å²) in [5, 5.41) is 13.2. The molecule has 31 heavy (non-hydrogen) atoms. The van der Waals surface area contributed by atoms with Crippen molar-refractivity contribution in [2.45, 2.75) is 37.7 Å². The lowest BCUT2D eigenvalue weighted by atomic mass is 10.2. The molecule has 2 aromatic rings. The van der Waals surface area contributed by atoms with E-state index in [1.54, 1.807) is 43.3 Å². The Morgan fingerprint density at radius 1 is 1.19 bits per heavy atom. The van der Waals surface area contributed by atoms with E-state index in [0.29, 0.717) is 17.7 Å². The molecule has 1 atom stereocenters. The predicted molar refractivity (Wildman–Crippen MR) is 117 cm³/mol. The maximum absolute atomic E-state index is 13.3. The van der Waals surface area contributed by atoms with E-state index >= 15 is 0 Å². The molecule has 2 aromatic carbocycles. The standard InChI is InChI=1S/C21H26N4O5S/c1-3-30-21(27)17-8-10-18(11-9-17)25(14-4-5-19(26)15-23-24-22)31(28,29)20-12-6-16(2)7-13-20/h6-13,19,26H,3-5,14-15H2,1-2H3. The molecule has 0 aliphatic heterocycles. The minimum absolute atomic E-state index is 0.0740.